The number of nitrogens with zero attached hydrogens (tertiary/aromatic N) is 3. The molecule has 26 heavy (non-hydrogen) atoms. The van der Waals surface area contributed by atoms with Gasteiger partial charge in [-0.2, -0.15) is 0 Å². The van der Waals surface area contributed by atoms with E-state index in [1.165, 1.54) is 11.8 Å². The maximum Gasteiger partial charge on any atom is 0.227 e. The summed E-state index contributed by atoms with van der Waals surface area (Å²) in [6.07, 6.45) is 0. The summed E-state index contributed by atoms with van der Waals surface area (Å²) in [6, 6.07) is 9.73. The Morgan fingerprint density at radius 3 is 2.81 bits per heavy atom. The highest BCUT2D eigenvalue weighted by Gasteiger charge is 2.21. The first-order valence-corrected chi connectivity index (χ1v) is 9.62. The standard InChI is InChI=1S/C18H23N5O2S/c1-12-9-25-7-6-23(12)17-8-15(10-26-11-16(20)24)21-18(22-17)13-2-4-14(19)5-3-13/h2-5,8,12H,6-7,9-11,19H2,1H3,(H2,20,24)/t12-/m0/s1. The largest absolute Gasteiger partial charge is 0.399 e. The number of primary amides is 1. The molecule has 2 heterocycles. The Balaban J connectivity index is 1.92. The lowest BCUT2D eigenvalue weighted by Crippen LogP contribution is -2.44. The molecule has 1 atom stereocenters. The number of aromatic nitrogens is 2. The summed E-state index contributed by atoms with van der Waals surface area (Å²) >= 11 is 1.45. The Kier molecular flexibility index (Phi) is 5.95. The molecule has 3 rings (SSSR count). The Morgan fingerprint density at radius 2 is 2.12 bits per heavy atom. The van der Waals surface area contributed by atoms with Gasteiger partial charge in [-0.1, -0.05) is 0 Å². The average molecular weight is 373 g/mol. The van der Waals surface area contributed by atoms with Gasteiger partial charge < -0.3 is 21.1 Å². The van der Waals surface area contributed by atoms with Gasteiger partial charge in [-0.3, -0.25) is 4.79 Å². The number of ether oxygens (including phenoxy) is 1. The van der Waals surface area contributed by atoms with Crippen molar-refractivity contribution < 1.29 is 9.53 Å². The number of benzene rings is 1. The zero-order chi connectivity index (χ0) is 18.5. The topological polar surface area (TPSA) is 107 Å². The number of nitrogens with two attached hydrogens (primary N) is 2. The highest BCUT2D eigenvalue weighted by atomic mass is 32.2. The number of carbonyl (C=O) groups excluding carboxylic acids is 1. The fourth-order valence-corrected chi connectivity index (χ4v) is 3.45. The molecule has 7 nitrogen and oxygen atoms in total. The summed E-state index contributed by atoms with van der Waals surface area (Å²) in [4.78, 5) is 22.7. The molecule has 1 aromatic carbocycles. The molecule has 8 heteroatoms. The van der Waals surface area contributed by atoms with E-state index in [1.54, 1.807) is 0 Å². The van der Waals surface area contributed by atoms with Gasteiger partial charge in [-0.25, -0.2) is 9.97 Å². The number of anilines is 2. The maximum atomic E-state index is 11.0. The van der Waals surface area contributed by atoms with Crippen molar-refractivity contribution >= 4 is 29.2 Å². The van der Waals surface area contributed by atoms with E-state index < -0.39 is 0 Å². The Morgan fingerprint density at radius 1 is 1.35 bits per heavy atom. The van der Waals surface area contributed by atoms with Crippen LogP contribution in [-0.2, 0) is 15.3 Å². The zero-order valence-corrected chi connectivity index (χ0v) is 15.5. The number of carbonyl (C=O) groups is 1. The zero-order valence-electron chi connectivity index (χ0n) is 14.7. The van der Waals surface area contributed by atoms with Crippen molar-refractivity contribution in [3.8, 4) is 11.4 Å². The summed E-state index contributed by atoms with van der Waals surface area (Å²) in [6.45, 7) is 4.25. The molecule has 0 aliphatic carbocycles. The minimum Gasteiger partial charge on any atom is -0.399 e. The molecule has 0 spiro atoms. The Hall–Kier alpha value is -2.32. The van der Waals surface area contributed by atoms with E-state index >= 15 is 0 Å². The van der Waals surface area contributed by atoms with Gasteiger partial charge in [-0.05, 0) is 31.2 Å². The second-order valence-electron chi connectivity index (χ2n) is 6.24. The smallest absolute Gasteiger partial charge is 0.227 e. The fraction of sp³-hybridized carbons (Fsp3) is 0.389. The summed E-state index contributed by atoms with van der Waals surface area (Å²) in [7, 11) is 0. The van der Waals surface area contributed by atoms with Crippen LogP contribution >= 0.6 is 11.8 Å². The van der Waals surface area contributed by atoms with Gasteiger partial charge in [0.15, 0.2) is 5.82 Å². The van der Waals surface area contributed by atoms with Gasteiger partial charge in [0.1, 0.15) is 5.82 Å². The Labute approximate surface area is 157 Å². The molecule has 1 aliphatic rings. The molecule has 1 aliphatic heterocycles. The van der Waals surface area contributed by atoms with E-state index in [9.17, 15) is 4.79 Å². The number of hydrogen-bond acceptors (Lipinski definition) is 7. The van der Waals surface area contributed by atoms with Crippen molar-refractivity contribution in [1.29, 1.82) is 0 Å². The van der Waals surface area contributed by atoms with Crippen LogP contribution in [0.15, 0.2) is 30.3 Å². The molecule has 1 amide bonds. The average Bonchev–Trinajstić information content (AvgIpc) is 2.62. The molecule has 2 aromatic rings. The van der Waals surface area contributed by atoms with Crippen LogP contribution in [0.3, 0.4) is 0 Å². The van der Waals surface area contributed by atoms with E-state index in [0.29, 0.717) is 30.5 Å². The van der Waals surface area contributed by atoms with E-state index in [1.807, 2.05) is 30.3 Å². The SMILES string of the molecule is C[C@H]1COCCN1c1cc(CSCC(N)=O)nc(-c2ccc(N)cc2)n1. The van der Waals surface area contributed by atoms with Crippen molar-refractivity contribution in [1.82, 2.24) is 9.97 Å². The number of nitrogen functional groups attached to an aromatic ring is 1. The molecule has 1 saturated heterocycles. The van der Waals surface area contributed by atoms with Crippen LogP contribution in [0.2, 0.25) is 0 Å². The third-order valence-corrected chi connectivity index (χ3v) is 5.08. The number of amides is 1. The first-order chi connectivity index (χ1) is 12.5. The van der Waals surface area contributed by atoms with Crippen LogP contribution in [0, 0.1) is 0 Å². The summed E-state index contributed by atoms with van der Waals surface area (Å²) < 4.78 is 5.53. The third kappa shape index (κ3) is 4.64. The lowest BCUT2D eigenvalue weighted by molar-refractivity contribution is -0.115. The number of morpholine rings is 1. The van der Waals surface area contributed by atoms with Crippen LogP contribution in [0.4, 0.5) is 11.5 Å². The predicted molar refractivity (Wildman–Crippen MR) is 105 cm³/mol. The first-order valence-electron chi connectivity index (χ1n) is 8.47. The summed E-state index contributed by atoms with van der Waals surface area (Å²) in [5.41, 5.74) is 13.5. The molecule has 0 bridgehead atoms. The van der Waals surface area contributed by atoms with Crippen molar-refractivity contribution in [3.63, 3.8) is 0 Å². The Bertz CT molecular complexity index is 769. The molecule has 0 unspecified atom stereocenters. The number of hydrogen-bond donors (Lipinski definition) is 2. The van der Waals surface area contributed by atoms with Crippen LogP contribution in [0.1, 0.15) is 12.6 Å². The first kappa shape index (κ1) is 18.5. The van der Waals surface area contributed by atoms with E-state index in [4.69, 9.17) is 21.2 Å². The maximum absolute atomic E-state index is 11.0. The fourth-order valence-electron chi connectivity index (χ4n) is 2.79. The molecule has 4 N–H and O–H groups in total. The summed E-state index contributed by atoms with van der Waals surface area (Å²) in [5.74, 6) is 2.06. The molecule has 1 aromatic heterocycles. The highest BCUT2D eigenvalue weighted by molar-refractivity contribution is 7.99. The van der Waals surface area contributed by atoms with Gasteiger partial charge in [0.25, 0.3) is 0 Å². The van der Waals surface area contributed by atoms with Crippen molar-refractivity contribution in [2.24, 2.45) is 5.73 Å². The highest BCUT2D eigenvalue weighted by Crippen LogP contribution is 2.25. The second kappa shape index (κ2) is 8.37. The van der Waals surface area contributed by atoms with E-state index in [0.717, 1.165) is 23.6 Å². The third-order valence-electron chi connectivity index (χ3n) is 4.09. The molecule has 1 fully saturated rings. The van der Waals surface area contributed by atoms with Crippen LogP contribution in [0.5, 0.6) is 0 Å². The van der Waals surface area contributed by atoms with E-state index in [2.05, 4.69) is 16.8 Å². The minimum atomic E-state index is -0.329. The normalized spacial score (nSPS) is 17.3. The van der Waals surface area contributed by atoms with Gasteiger partial charge >= 0.3 is 0 Å². The van der Waals surface area contributed by atoms with Crippen molar-refractivity contribution in [2.45, 2.75) is 18.7 Å². The monoisotopic (exact) mass is 373 g/mol. The van der Waals surface area contributed by atoms with E-state index in [-0.39, 0.29) is 17.7 Å². The number of thioether (sulfide) groups is 1. The van der Waals surface area contributed by atoms with Crippen LogP contribution in [0.25, 0.3) is 11.4 Å². The van der Waals surface area contributed by atoms with Gasteiger partial charge in [0, 0.05) is 29.6 Å². The van der Waals surface area contributed by atoms with Crippen molar-refractivity contribution in [2.75, 3.05) is 36.1 Å². The second-order valence-corrected chi connectivity index (χ2v) is 7.23. The molecule has 0 saturated carbocycles. The lowest BCUT2D eigenvalue weighted by Gasteiger charge is -2.34. The molecule has 0 radical (unpaired) electrons. The minimum absolute atomic E-state index is 0.240. The van der Waals surface area contributed by atoms with Crippen LogP contribution in [-0.4, -0.2) is 47.4 Å². The van der Waals surface area contributed by atoms with Crippen LogP contribution < -0.4 is 16.4 Å². The lowest BCUT2D eigenvalue weighted by atomic mass is 10.2. The molecular weight excluding hydrogens is 350 g/mol. The quantitative estimate of drug-likeness (QED) is 0.742. The number of rotatable bonds is 6. The van der Waals surface area contributed by atoms with Gasteiger partial charge in [0.2, 0.25) is 5.91 Å². The molecule has 138 valence electrons. The van der Waals surface area contributed by atoms with Gasteiger partial charge in [0.05, 0.1) is 30.7 Å². The van der Waals surface area contributed by atoms with Crippen molar-refractivity contribution in [3.05, 3.63) is 36.0 Å². The predicted octanol–water partition coefficient (Wildman–Crippen LogP) is 1.67. The summed E-state index contributed by atoms with van der Waals surface area (Å²) in [5, 5.41) is 0. The molecular formula is C18H23N5O2S. The van der Waals surface area contributed by atoms with Gasteiger partial charge in [-0.15, -0.1) is 11.8 Å².